The van der Waals surface area contributed by atoms with Crippen molar-refractivity contribution in [2.24, 2.45) is 0 Å². The molecule has 0 spiro atoms. The van der Waals surface area contributed by atoms with Crippen molar-refractivity contribution in [1.82, 2.24) is 14.7 Å². The highest BCUT2D eigenvalue weighted by molar-refractivity contribution is 6.29. The van der Waals surface area contributed by atoms with Crippen LogP contribution in [0.5, 0.6) is 0 Å². The molecular formula is C17H15ClN4O2. The summed E-state index contributed by atoms with van der Waals surface area (Å²) in [5, 5.41) is 6.01. The van der Waals surface area contributed by atoms with Gasteiger partial charge in [0.05, 0.1) is 12.2 Å². The number of hydrogen-bond donors (Lipinski definition) is 2. The summed E-state index contributed by atoms with van der Waals surface area (Å²) in [5.41, 5.74) is 2.46. The van der Waals surface area contributed by atoms with Gasteiger partial charge in [-0.2, -0.15) is 0 Å². The lowest BCUT2D eigenvalue weighted by Gasteiger charge is -2.06. The SMILES string of the molecule is CC(=O)Nc1cccc(C(=O)NCc2cn3c(Cl)cccc3n2)c1. The van der Waals surface area contributed by atoms with Crippen molar-refractivity contribution in [3.05, 3.63) is 65.1 Å². The zero-order valence-corrected chi connectivity index (χ0v) is 13.7. The van der Waals surface area contributed by atoms with Crippen LogP contribution in [-0.2, 0) is 11.3 Å². The third-order valence-corrected chi connectivity index (χ3v) is 3.68. The number of pyridine rings is 1. The molecule has 2 heterocycles. The average Bonchev–Trinajstić information content (AvgIpc) is 2.97. The molecule has 6 nitrogen and oxygen atoms in total. The number of amides is 2. The minimum absolute atomic E-state index is 0.186. The van der Waals surface area contributed by atoms with Gasteiger partial charge in [-0.1, -0.05) is 23.7 Å². The number of fused-ring (bicyclic) bond motifs is 1. The summed E-state index contributed by atoms with van der Waals surface area (Å²) >= 11 is 6.09. The minimum Gasteiger partial charge on any atom is -0.346 e. The lowest BCUT2D eigenvalue weighted by atomic mass is 10.2. The van der Waals surface area contributed by atoms with Crippen molar-refractivity contribution in [3.63, 3.8) is 0 Å². The maximum absolute atomic E-state index is 12.3. The number of anilines is 1. The summed E-state index contributed by atoms with van der Waals surface area (Å²) in [4.78, 5) is 27.7. The molecule has 0 atom stereocenters. The molecule has 0 radical (unpaired) electrons. The fourth-order valence-electron chi connectivity index (χ4n) is 2.33. The highest BCUT2D eigenvalue weighted by atomic mass is 35.5. The second-order valence-electron chi connectivity index (χ2n) is 5.25. The molecule has 0 aliphatic carbocycles. The average molecular weight is 343 g/mol. The van der Waals surface area contributed by atoms with Gasteiger partial charge in [0.25, 0.3) is 5.91 Å². The van der Waals surface area contributed by atoms with Crippen LogP contribution in [0, 0.1) is 0 Å². The van der Waals surface area contributed by atoms with Gasteiger partial charge >= 0.3 is 0 Å². The Hall–Kier alpha value is -2.86. The molecule has 0 fully saturated rings. The van der Waals surface area contributed by atoms with E-state index in [4.69, 9.17) is 11.6 Å². The number of carbonyl (C=O) groups excluding carboxylic acids is 2. The van der Waals surface area contributed by atoms with Crippen LogP contribution in [0.25, 0.3) is 5.65 Å². The molecule has 0 aliphatic rings. The Kier molecular flexibility index (Phi) is 4.48. The van der Waals surface area contributed by atoms with E-state index in [1.165, 1.54) is 6.92 Å². The second kappa shape index (κ2) is 6.72. The molecule has 0 aliphatic heterocycles. The van der Waals surface area contributed by atoms with E-state index in [9.17, 15) is 9.59 Å². The van der Waals surface area contributed by atoms with Crippen LogP contribution >= 0.6 is 11.6 Å². The van der Waals surface area contributed by atoms with E-state index in [1.54, 1.807) is 40.9 Å². The Morgan fingerprint density at radius 3 is 2.75 bits per heavy atom. The normalized spacial score (nSPS) is 10.6. The molecule has 2 amide bonds. The molecule has 24 heavy (non-hydrogen) atoms. The summed E-state index contributed by atoms with van der Waals surface area (Å²) in [6.45, 7) is 1.70. The van der Waals surface area contributed by atoms with E-state index < -0.39 is 0 Å². The van der Waals surface area contributed by atoms with Gasteiger partial charge in [0.15, 0.2) is 0 Å². The first-order valence-corrected chi connectivity index (χ1v) is 7.69. The van der Waals surface area contributed by atoms with Crippen molar-refractivity contribution in [3.8, 4) is 0 Å². The largest absolute Gasteiger partial charge is 0.346 e. The standard InChI is InChI=1S/C17H15ClN4O2/c1-11(23)20-13-5-2-4-12(8-13)17(24)19-9-14-10-22-15(18)6-3-7-16(22)21-14/h2-8,10H,9H2,1H3,(H,19,24)(H,20,23). The fourth-order valence-corrected chi connectivity index (χ4v) is 2.54. The molecule has 7 heteroatoms. The molecule has 1 aromatic carbocycles. The van der Waals surface area contributed by atoms with Gasteiger partial charge in [-0.25, -0.2) is 4.98 Å². The van der Waals surface area contributed by atoms with Crippen molar-refractivity contribution >= 4 is 34.7 Å². The minimum atomic E-state index is -0.245. The third kappa shape index (κ3) is 3.55. The third-order valence-electron chi connectivity index (χ3n) is 3.37. The lowest BCUT2D eigenvalue weighted by molar-refractivity contribution is -0.114. The number of rotatable bonds is 4. The van der Waals surface area contributed by atoms with Crippen molar-refractivity contribution in [2.75, 3.05) is 5.32 Å². The zero-order valence-electron chi connectivity index (χ0n) is 12.9. The lowest BCUT2D eigenvalue weighted by Crippen LogP contribution is -2.23. The van der Waals surface area contributed by atoms with Gasteiger partial charge in [0, 0.05) is 24.4 Å². The molecule has 3 rings (SSSR count). The van der Waals surface area contributed by atoms with Crippen LogP contribution in [0.2, 0.25) is 5.15 Å². The monoisotopic (exact) mass is 342 g/mol. The first-order chi connectivity index (χ1) is 11.5. The van der Waals surface area contributed by atoms with E-state index in [-0.39, 0.29) is 18.4 Å². The Balaban J connectivity index is 1.70. The Morgan fingerprint density at radius 2 is 2.00 bits per heavy atom. The maximum atomic E-state index is 12.3. The van der Waals surface area contributed by atoms with Crippen LogP contribution in [-0.4, -0.2) is 21.2 Å². The number of nitrogens with one attached hydrogen (secondary N) is 2. The van der Waals surface area contributed by atoms with Crippen LogP contribution in [0.1, 0.15) is 23.0 Å². The highest BCUT2D eigenvalue weighted by Gasteiger charge is 2.09. The highest BCUT2D eigenvalue weighted by Crippen LogP contribution is 2.14. The van der Waals surface area contributed by atoms with Gasteiger partial charge in [0.1, 0.15) is 10.8 Å². The predicted octanol–water partition coefficient (Wildman–Crippen LogP) is 2.88. The van der Waals surface area contributed by atoms with Crippen LogP contribution in [0.15, 0.2) is 48.7 Å². The van der Waals surface area contributed by atoms with Crippen molar-refractivity contribution in [2.45, 2.75) is 13.5 Å². The van der Waals surface area contributed by atoms with Gasteiger partial charge < -0.3 is 10.6 Å². The molecule has 2 N–H and O–H groups in total. The van der Waals surface area contributed by atoms with E-state index in [2.05, 4.69) is 15.6 Å². The zero-order chi connectivity index (χ0) is 17.1. The molecule has 0 saturated heterocycles. The Labute approximate surface area is 143 Å². The van der Waals surface area contributed by atoms with Gasteiger partial charge in [-0.05, 0) is 30.3 Å². The number of nitrogens with zero attached hydrogens (tertiary/aromatic N) is 2. The van der Waals surface area contributed by atoms with E-state index in [1.807, 2.05) is 12.1 Å². The van der Waals surface area contributed by atoms with Gasteiger partial charge in [-0.3, -0.25) is 14.0 Å². The number of imidazole rings is 1. The number of benzene rings is 1. The summed E-state index contributed by atoms with van der Waals surface area (Å²) in [6.07, 6.45) is 1.78. The Bertz CT molecular complexity index is 920. The molecule has 0 unspecified atom stereocenters. The van der Waals surface area contributed by atoms with Gasteiger partial charge in [-0.15, -0.1) is 0 Å². The van der Waals surface area contributed by atoms with Crippen molar-refractivity contribution in [1.29, 1.82) is 0 Å². The number of halogens is 1. The van der Waals surface area contributed by atoms with Gasteiger partial charge in [0.2, 0.25) is 5.91 Å². The van der Waals surface area contributed by atoms with E-state index >= 15 is 0 Å². The summed E-state index contributed by atoms with van der Waals surface area (Å²) < 4.78 is 1.75. The van der Waals surface area contributed by atoms with Crippen LogP contribution in [0.4, 0.5) is 5.69 Å². The molecular weight excluding hydrogens is 328 g/mol. The topological polar surface area (TPSA) is 75.5 Å². The Morgan fingerprint density at radius 1 is 1.21 bits per heavy atom. The first kappa shape index (κ1) is 16.0. The summed E-state index contributed by atoms with van der Waals surface area (Å²) in [5.74, 6) is -0.431. The molecule has 0 saturated carbocycles. The summed E-state index contributed by atoms with van der Waals surface area (Å²) in [6, 6.07) is 12.2. The predicted molar refractivity (Wildman–Crippen MR) is 92.1 cm³/mol. The molecule has 3 aromatic rings. The van der Waals surface area contributed by atoms with Crippen LogP contribution < -0.4 is 10.6 Å². The number of carbonyl (C=O) groups is 2. The van der Waals surface area contributed by atoms with E-state index in [0.717, 1.165) is 5.65 Å². The molecule has 0 bridgehead atoms. The van der Waals surface area contributed by atoms with Crippen molar-refractivity contribution < 1.29 is 9.59 Å². The quantitative estimate of drug-likeness (QED) is 0.716. The fraction of sp³-hybridized carbons (Fsp3) is 0.118. The number of aromatic nitrogens is 2. The molecule has 122 valence electrons. The smallest absolute Gasteiger partial charge is 0.251 e. The first-order valence-electron chi connectivity index (χ1n) is 7.31. The molecule has 2 aromatic heterocycles. The second-order valence-corrected chi connectivity index (χ2v) is 5.64. The van der Waals surface area contributed by atoms with E-state index in [0.29, 0.717) is 22.1 Å². The van der Waals surface area contributed by atoms with Crippen LogP contribution in [0.3, 0.4) is 0 Å². The summed E-state index contributed by atoms with van der Waals surface area (Å²) in [7, 11) is 0. The maximum Gasteiger partial charge on any atom is 0.251 e. The number of hydrogen-bond acceptors (Lipinski definition) is 3.